The lowest BCUT2D eigenvalue weighted by atomic mass is 9.77. The fraction of sp³-hybridized carbons (Fsp3) is 0.571. The lowest BCUT2D eigenvalue weighted by Gasteiger charge is -2.32. The average molecular weight is 261 g/mol. The molecule has 19 heavy (non-hydrogen) atoms. The first-order chi connectivity index (χ1) is 8.82. The molecule has 0 aliphatic carbocycles. The van der Waals surface area contributed by atoms with E-state index in [9.17, 15) is 0 Å². The minimum atomic E-state index is -0.391. The van der Waals surface area contributed by atoms with E-state index in [0.717, 1.165) is 28.9 Å². The van der Waals surface area contributed by atoms with Crippen LogP contribution < -0.4 is 15.9 Å². The van der Waals surface area contributed by atoms with Crippen LogP contribution in [0.3, 0.4) is 0 Å². The van der Waals surface area contributed by atoms with Crippen molar-refractivity contribution in [3.63, 3.8) is 0 Å². The Morgan fingerprint density at radius 2 is 1.74 bits per heavy atom. The van der Waals surface area contributed by atoms with Gasteiger partial charge >= 0.3 is 7.12 Å². The van der Waals surface area contributed by atoms with Gasteiger partial charge in [-0.1, -0.05) is 6.07 Å². The Bertz CT molecular complexity index is 512. The molecule has 0 bridgehead atoms. The first kappa shape index (κ1) is 12.8. The van der Waals surface area contributed by atoms with E-state index in [0.29, 0.717) is 6.61 Å². The van der Waals surface area contributed by atoms with Crippen molar-refractivity contribution in [3.05, 3.63) is 17.7 Å². The van der Waals surface area contributed by atoms with Crippen LogP contribution in [0.25, 0.3) is 0 Å². The molecule has 0 unspecified atom stereocenters. The lowest BCUT2D eigenvalue weighted by Crippen LogP contribution is -2.41. The van der Waals surface area contributed by atoms with E-state index in [1.807, 2.05) is 39.8 Å². The van der Waals surface area contributed by atoms with Crippen molar-refractivity contribution < 1.29 is 14.0 Å². The van der Waals surface area contributed by atoms with Crippen molar-refractivity contribution in [2.75, 3.05) is 12.3 Å². The number of anilines is 1. The molecule has 0 radical (unpaired) electrons. The second-order valence-corrected chi connectivity index (χ2v) is 6.24. The molecule has 0 atom stereocenters. The molecule has 4 nitrogen and oxygen atoms in total. The predicted octanol–water partition coefficient (Wildman–Crippen LogP) is 1.50. The van der Waals surface area contributed by atoms with Crippen LogP contribution in [0.2, 0.25) is 0 Å². The highest BCUT2D eigenvalue weighted by Gasteiger charge is 2.52. The zero-order valence-corrected chi connectivity index (χ0v) is 11.9. The van der Waals surface area contributed by atoms with Gasteiger partial charge in [-0.05, 0) is 33.8 Å². The van der Waals surface area contributed by atoms with Crippen LogP contribution in [0.4, 0.5) is 5.69 Å². The van der Waals surface area contributed by atoms with Gasteiger partial charge in [0.05, 0.1) is 17.8 Å². The summed E-state index contributed by atoms with van der Waals surface area (Å²) in [6.45, 7) is 8.86. The van der Waals surface area contributed by atoms with Gasteiger partial charge in [-0.2, -0.15) is 0 Å². The SMILES string of the molecule is CC1(C)OB(c2ccc(N)c3c2OCC3)OC1(C)C. The number of hydrogen-bond acceptors (Lipinski definition) is 4. The van der Waals surface area contributed by atoms with E-state index in [-0.39, 0.29) is 11.2 Å². The second kappa shape index (κ2) is 3.90. The van der Waals surface area contributed by atoms with Gasteiger partial charge in [0.2, 0.25) is 0 Å². The maximum absolute atomic E-state index is 6.07. The van der Waals surface area contributed by atoms with Crippen LogP contribution in [0.15, 0.2) is 12.1 Å². The highest BCUT2D eigenvalue weighted by Crippen LogP contribution is 2.38. The summed E-state index contributed by atoms with van der Waals surface area (Å²) in [7, 11) is -0.391. The molecule has 1 fully saturated rings. The lowest BCUT2D eigenvalue weighted by molar-refractivity contribution is 0.00578. The zero-order chi connectivity index (χ0) is 13.8. The van der Waals surface area contributed by atoms with E-state index in [2.05, 4.69) is 0 Å². The second-order valence-electron chi connectivity index (χ2n) is 6.24. The molecule has 102 valence electrons. The third-order valence-corrected chi connectivity index (χ3v) is 4.43. The van der Waals surface area contributed by atoms with Crippen molar-refractivity contribution in [3.8, 4) is 5.75 Å². The van der Waals surface area contributed by atoms with Gasteiger partial charge in [0.25, 0.3) is 0 Å². The molecule has 1 aromatic carbocycles. The maximum atomic E-state index is 6.07. The highest BCUT2D eigenvalue weighted by molar-refractivity contribution is 6.63. The van der Waals surface area contributed by atoms with Gasteiger partial charge in [0.15, 0.2) is 0 Å². The summed E-state index contributed by atoms with van der Waals surface area (Å²) in [5, 5.41) is 0. The Hall–Kier alpha value is -1.20. The van der Waals surface area contributed by atoms with Crippen LogP contribution >= 0.6 is 0 Å². The van der Waals surface area contributed by atoms with Gasteiger partial charge in [-0.3, -0.25) is 0 Å². The van der Waals surface area contributed by atoms with Crippen LogP contribution in [-0.2, 0) is 15.7 Å². The standard InChI is InChI=1S/C14H20BNO3/c1-13(2)14(3,4)19-15(18-13)10-5-6-11(16)9-7-8-17-12(9)10/h5-6H,7-8,16H2,1-4H3. The third-order valence-electron chi connectivity index (χ3n) is 4.43. The summed E-state index contributed by atoms with van der Waals surface area (Å²) >= 11 is 0. The molecule has 2 aliphatic rings. The molecule has 2 N–H and O–H groups in total. The summed E-state index contributed by atoms with van der Waals surface area (Å²) in [6.07, 6.45) is 0.856. The molecule has 1 saturated heterocycles. The van der Waals surface area contributed by atoms with Crippen molar-refractivity contribution >= 4 is 18.3 Å². The van der Waals surface area contributed by atoms with Gasteiger partial charge < -0.3 is 19.8 Å². The Morgan fingerprint density at radius 1 is 1.11 bits per heavy atom. The summed E-state index contributed by atoms with van der Waals surface area (Å²) in [5.41, 5.74) is 8.10. The number of fused-ring (bicyclic) bond motifs is 1. The maximum Gasteiger partial charge on any atom is 0.498 e. The molecular weight excluding hydrogens is 241 g/mol. The molecular formula is C14H20BNO3. The van der Waals surface area contributed by atoms with Crippen LogP contribution in [0.5, 0.6) is 5.75 Å². The highest BCUT2D eigenvalue weighted by atomic mass is 16.7. The quantitative estimate of drug-likeness (QED) is 0.615. The van der Waals surface area contributed by atoms with Gasteiger partial charge in [0, 0.05) is 23.1 Å². The molecule has 0 aromatic heterocycles. The van der Waals surface area contributed by atoms with E-state index >= 15 is 0 Å². The Balaban J connectivity index is 2.00. The van der Waals surface area contributed by atoms with E-state index in [1.165, 1.54) is 0 Å². The Morgan fingerprint density at radius 3 is 2.37 bits per heavy atom. The normalized spacial score (nSPS) is 23.3. The summed E-state index contributed by atoms with van der Waals surface area (Å²) in [6, 6.07) is 3.86. The smallest absolute Gasteiger partial charge is 0.493 e. The molecule has 1 aromatic rings. The molecule has 0 spiro atoms. The fourth-order valence-electron chi connectivity index (χ4n) is 2.50. The van der Waals surface area contributed by atoms with Crippen molar-refractivity contribution in [1.29, 1.82) is 0 Å². The number of hydrogen-bond donors (Lipinski definition) is 1. The first-order valence-electron chi connectivity index (χ1n) is 6.71. The predicted molar refractivity (Wildman–Crippen MR) is 75.8 cm³/mol. The molecule has 5 heteroatoms. The Kier molecular flexibility index (Phi) is 2.63. The zero-order valence-electron chi connectivity index (χ0n) is 11.9. The van der Waals surface area contributed by atoms with E-state index in [1.54, 1.807) is 0 Å². The minimum Gasteiger partial charge on any atom is -0.493 e. The fourth-order valence-corrected chi connectivity index (χ4v) is 2.50. The summed E-state index contributed by atoms with van der Waals surface area (Å²) < 4.78 is 17.9. The molecule has 0 amide bonds. The average Bonchev–Trinajstić information content (AvgIpc) is 2.84. The van der Waals surface area contributed by atoms with Crippen LogP contribution in [0.1, 0.15) is 33.3 Å². The molecule has 0 saturated carbocycles. The summed E-state index contributed by atoms with van der Waals surface area (Å²) in [5.74, 6) is 0.846. The van der Waals surface area contributed by atoms with Gasteiger partial charge in [-0.15, -0.1) is 0 Å². The van der Waals surface area contributed by atoms with Crippen molar-refractivity contribution in [2.24, 2.45) is 0 Å². The van der Waals surface area contributed by atoms with E-state index in [4.69, 9.17) is 19.8 Å². The van der Waals surface area contributed by atoms with Crippen molar-refractivity contribution in [1.82, 2.24) is 0 Å². The largest absolute Gasteiger partial charge is 0.498 e. The molecule has 2 heterocycles. The van der Waals surface area contributed by atoms with Crippen LogP contribution in [0, 0.1) is 0 Å². The van der Waals surface area contributed by atoms with Gasteiger partial charge in [-0.25, -0.2) is 0 Å². The number of nitrogens with two attached hydrogens (primary N) is 1. The summed E-state index contributed by atoms with van der Waals surface area (Å²) in [4.78, 5) is 0. The number of ether oxygens (including phenoxy) is 1. The topological polar surface area (TPSA) is 53.7 Å². The number of rotatable bonds is 1. The van der Waals surface area contributed by atoms with Gasteiger partial charge in [0.1, 0.15) is 5.75 Å². The Labute approximate surface area is 114 Å². The minimum absolute atomic E-state index is 0.343. The molecule has 2 aliphatic heterocycles. The van der Waals surface area contributed by atoms with E-state index < -0.39 is 7.12 Å². The monoisotopic (exact) mass is 261 g/mol. The van der Waals surface area contributed by atoms with Crippen LogP contribution in [-0.4, -0.2) is 24.9 Å². The molecule has 3 rings (SSSR count). The van der Waals surface area contributed by atoms with Crippen molar-refractivity contribution in [2.45, 2.75) is 45.3 Å². The number of nitrogen functional groups attached to an aromatic ring is 1. The number of benzene rings is 1. The third kappa shape index (κ3) is 1.83. The first-order valence-corrected chi connectivity index (χ1v) is 6.71.